The number of carbonyl (C=O) groups excluding carboxylic acids is 5. The van der Waals surface area contributed by atoms with Gasteiger partial charge in [-0.2, -0.15) is 0 Å². The van der Waals surface area contributed by atoms with E-state index in [0.717, 1.165) is 9.83 Å². The van der Waals surface area contributed by atoms with Gasteiger partial charge in [-0.05, 0) is 42.1 Å². The van der Waals surface area contributed by atoms with Crippen molar-refractivity contribution in [1.29, 1.82) is 0 Å². The molecule has 4 amide bonds. The van der Waals surface area contributed by atoms with E-state index in [2.05, 4.69) is 21.3 Å². The molecule has 14 heteroatoms. The van der Waals surface area contributed by atoms with Crippen LogP contribution in [0.2, 0.25) is 0 Å². The number of amides is 4. The smallest absolute Gasteiger partial charge is 0.329 e. The van der Waals surface area contributed by atoms with Crippen LogP contribution in [0.4, 0.5) is 0 Å². The summed E-state index contributed by atoms with van der Waals surface area (Å²) in [7, 11) is 0.850. The van der Waals surface area contributed by atoms with E-state index in [1.165, 1.54) is 23.8 Å². The van der Waals surface area contributed by atoms with Gasteiger partial charge in [-0.1, -0.05) is 39.8 Å². The number of hydrogen-bond acceptors (Lipinski definition) is 9. The fraction of sp³-hybridized carbons (Fsp3) is 0.625. The Morgan fingerprint density at radius 3 is 2.34 bits per heavy atom. The lowest BCUT2D eigenvalue weighted by Crippen LogP contribution is -2.58. The van der Waals surface area contributed by atoms with Crippen LogP contribution in [0.5, 0.6) is 0 Å². The summed E-state index contributed by atoms with van der Waals surface area (Å²) < 4.78 is 18.4. The fourth-order valence-corrected chi connectivity index (χ4v) is 8.02. The van der Waals surface area contributed by atoms with Crippen molar-refractivity contribution in [1.82, 2.24) is 21.3 Å². The molecule has 212 valence electrons. The molecule has 1 saturated heterocycles. The Morgan fingerprint density at radius 1 is 1.03 bits per heavy atom. The van der Waals surface area contributed by atoms with E-state index in [9.17, 15) is 28.5 Å². The van der Waals surface area contributed by atoms with Crippen molar-refractivity contribution in [3.8, 4) is 0 Å². The first kappa shape index (κ1) is 32.1. The minimum atomic E-state index is -1.55. The lowest BCUT2D eigenvalue weighted by atomic mass is 10.0. The number of fused-ring (bicyclic) bond motifs is 7. The summed E-state index contributed by atoms with van der Waals surface area (Å²) in [6.07, 6.45) is 4.09. The van der Waals surface area contributed by atoms with Gasteiger partial charge < -0.3 is 30.6 Å². The summed E-state index contributed by atoms with van der Waals surface area (Å²) >= 11 is 0. The molecule has 0 aromatic carbocycles. The maximum Gasteiger partial charge on any atom is 0.329 e. The Hall–Kier alpha value is -2.16. The molecule has 4 N–H and O–H groups in total. The Morgan fingerprint density at radius 2 is 1.71 bits per heavy atom. The third kappa shape index (κ3) is 9.86. The zero-order valence-corrected chi connectivity index (χ0v) is 24.6. The highest BCUT2D eigenvalue weighted by molar-refractivity contribution is 9.06. The molecule has 0 aliphatic carbocycles. The lowest BCUT2D eigenvalue weighted by molar-refractivity contribution is -0.153. The number of rotatable bonds is 2. The summed E-state index contributed by atoms with van der Waals surface area (Å²) in [5.74, 6) is -3.75. The van der Waals surface area contributed by atoms with E-state index in [1.54, 1.807) is 39.8 Å². The molecule has 11 nitrogen and oxygen atoms in total. The van der Waals surface area contributed by atoms with Gasteiger partial charge in [0.05, 0.1) is 6.42 Å². The van der Waals surface area contributed by atoms with Crippen molar-refractivity contribution in [2.24, 2.45) is 11.8 Å². The van der Waals surface area contributed by atoms with Crippen molar-refractivity contribution < 1.29 is 33.3 Å². The first-order valence-electron chi connectivity index (χ1n) is 12.4. The monoisotopic (exact) mass is 588 g/mol. The van der Waals surface area contributed by atoms with E-state index in [1.807, 2.05) is 0 Å². The van der Waals surface area contributed by atoms with Crippen LogP contribution in [0, 0.1) is 11.8 Å². The van der Waals surface area contributed by atoms with E-state index >= 15 is 0 Å². The summed E-state index contributed by atoms with van der Waals surface area (Å²) in [6.45, 7) is 8.45. The largest absolute Gasteiger partial charge is 0.604 e. The van der Waals surface area contributed by atoms with Gasteiger partial charge in [-0.25, -0.2) is 4.79 Å². The first-order valence-corrected chi connectivity index (χ1v) is 16.5. The number of hydrogen-bond donors (Lipinski definition) is 4. The van der Waals surface area contributed by atoms with Gasteiger partial charge in [0, 0.05) is 16.0 Å². The number of nitrogens with one attached hydrogen (secondary N) is 4. The minimum absolute atomic E-state index is 0.140. The van der Waals surface area contributed by atoms with Gasteiger partial charge >= 0.3 is 5.97 Å². The SMILES string of the molecule is C/C=C1\NC(=O)[C@H]2C[S@+]([O-])SSCC/C=C/[C@H](CC(=O)N[C@H](C(C)C)C(=O)N2)OC(=O)[C@H](C(C)C)NC1=O. The molecule has 2 rings (SSSR count). The van der Waals surface area contributed by atoms with E-state index in [0.29, 0.717) is 12.2 Å². The highest BCUT2D eigenvalue weighted by Crippen LogP contribution is 2.30. The quantitative estimate of drug-likeness (QED) is 0.121. The van der Waals surface area contributed by atoms with Gasteiger partial charge in [0.15, 0.2) is 15.9 Å². The molecule has 2 aliphatic rings. The van der Waals surface area contributed by atoms with Gasteiger partial charge in [-0.15, -0.1) is 0 Å². The molecule has 0 saturated carbocycles. The summed E-state index contributed by atoms with van der Waals surface area (Å²) in [5, 5.41) is 10.3. The second-order valence-electron chi connectivity index (χ2n) is 9.49. The highest BCUT2D eigenvalue weighted by Gasteiger charge is 2.35. The second-order valence-corrected chi connectivity index (χ2v) is 14.7. The molecule has 2 aliphatic heterocycles. The molecule has 2 bridgehead atoms. The molecule has 38 heavy (non-hydrogen) atoms. The van der Waals surface area contributed by atoms with Crippen molar-refractivity contribution >= 4 is 60.4 Å². The van der Waals surface area contributed by atoms with Crippen LogP contribution in [0.1, 0.15) is 47.5 Å². The molecule has 5 atom stereocenters. The summed E-state index contributed by atoms with van der Waals surface area (Å²) in [5.41, 5.74) is -0.140. The molecule has 1 fully saturated rings. The average molecular weight is 589 g/mol. The third-order valence-corrected chi connectivity index (χ3v) is 10.8. The van der Waals surface area contributed by atoms with Crippen LogP contribution in [-0.4, -0.2) is 69.9 Å². The topological polar surface area (TPSA) is 166 Å². The van der Waals surface area contributed by atoms with Crippen LogP contribution in [0.15, 0.2) is 23.9 Å². The van der Waals surface area contributed by atoms with Gasteiger partial charge in [0.25, 0.3) is 11.8 Å². The van der Waals surface area contributed by atoms with Crippen LogP contribution in [0.25, 0.3) is 0 Å². The normalized spacial score (nSPS) is 31.0. The predicted octanol–water partition coefficient (Wildman–Crippen LogP) is 1.09. The highest BCUT2D eigenvalue weighted by atomic mass is 33.5. The molecule has 0 unspecified atom stereocenters. The number of allylic oxidation sites excluding steroid dienone is 2. The fourth-order valence-electron chi connectivity index (χ4n) is 3.58. The minimum Gasteiger partial charge on any atom is -0.604 e. The van der Waals surface area contributed by atoms with Crippen LogP contribution >= 0.6 is 20.6 Å². The third-order valence-electron chi connectivity index (χ3n) is 5.70. The Kier molecular flexibility index (Phi) is 13.0. The standard InChI is InChI=1S/C24H36N4O7S3/c1-6-16-21(30)28-20(14(4)5)24(33)35-15-9-7-8-10-36-37-38(34)12-17(22(31)25-16)26-23(32)19(13(2)3)27-18(29)11-15/h6-7,9,13-15,17,19-20H,8,10-12H2,1-5H3,(H,25,31)(H,26,32)(H,27,29)(H,28,30)/b9-7+,16-6-/t15-,17-,19-,20+,38-/m1/s1. The molecular formula is C24H36N4O7S3. The number of esters is 1. The molecular weight excluding hydrogens is 552 g/mol. The van der Waals surface area contributed by atoms with Gasteiger partial charge in [0.1, 0.15) is 29.6 Å². The average Bonchev–Trinajstić information content (AvgIpc) is 2.83. The summed E-state index contributed by atoms with van der Waals surface area (Å²) in [4.78, 5) is 65.5. The van der Waals surface area contributed by atoms with Gasteiger partial charge in [-0.3, -0.25) is 19.2 Å². The van der Waals surface area contributed by atoms with E-state index in [4.69, 9.17) is 4.74 Å². The number of carbonyl (C=O) groups is 5. The zero-order valence-electron chi connectivity index (χ0n) is 22.1. The molecule has 2 heterocycles. The van der Waals surface area contributed by atoms with Crippen LogP contribution < -0.4 is 21.3 Å². The summed E-state index contributed by atoms with van der Waals surface area (Å²) in [6, 6.07) is -3.32. The van der Waals surface area contributed by atoms with Crippen molar-refractivity contribution in [2.75, 3.05) is 11.5 Å². The van der Waals surface area contributed by atoms with Crippen molar-refractivity contribution in [2.45, 2.75) is 71.7 Å². The Labute approximate surface area is 233 Å². The molecule has 0 spiro atoms. The lowest BCUT2D eigenvalue weighted by Gasteiger charge is -2.28. The van der Waals surface area contributed by atoms with Gasteiger partial charge in [0.2, 0.25) is 11.8 Å². The van der Waals surface area contributed by atoms with E-state index in [-0.39, 0.29) is 29.7 Å². The second kappa shape index (κ2) is 15.4. The Balaban J connectivity index is 2.59. The Bertz CT molecular complexity index is 957. The molecule has 0 radical (unpaired) electrons. The first-order chi connectivity index (χ1) is 17.9. The maximum absolute atomic E-state index is 13.2. The predicted molar refractivity (Wildman–Crippen MR) is 149 cm³/mol. The maximum atomic E-state index is 13.2. The number of ether oxygens (including phenoxy) is 1. The van der Waals surface area contributed by atoms with Crippen molar-refractivity contribution in [3.05, 3.63) is 23.9 Å². The van der Waals surface area contributed by atoms with Crippen LogP contribution in [0.3, 0.4) is 0 Å². The molecule has 0 aromatic rings. The molecule has 0 aromatic heterocycles. The zero-order chi connectivity index (χ0) is 28.4. The van der Waals surface area contributed by atoms with E-state index < -0.39 is 64.0 Å². The van der Waals surface area contributed by atoms with Crippen LogP contribution in [-0.2, 0) is 38.9 Å². The van der Waals surface area contributed by atoms with Crippen molar-refractivity contribution in [3.63, 3.8) is 0 Å².